The molecule has 0 spiro atoms. The molecule has 4 rings (SSSR count). The van der Waals surface area contributed by atoms with Crippen molar-refractivity contribution < 1.29 is 16.8 Å². The number of nitrogens with one attached hydrogen (secondary N) is 1. The average Bonchev–Trinajstić information content (AvgIpc) is 3.35. The Balaban J connectivity index is 1.58. The molecule has 0 radical (unpaired) electrons. The topological polar surface area (TPSA) is 83.6 Å². The Morgan fingerprint density at radius 2 is 1.87 bits per heavy atom. The number of thiophene rings is 1. The second kappa shape index (κ2) is 8.94. The molecule has 1 fully saturated rings. The van der Waals surface area contributed by atoms with Gasteiger partial charge in [-0.15, -0.1) is 11.3 Å². The van der Waals surface area contributed by atoms with Gasteiger partial charge in [0.2, 0.25) is 0 Å². The maximum atomic E-state index is 13.5. The molecule has 6 nitrogen and oxygen atoms in total. The second-order valence-electron chi connectivity index (χ2n) is 8.81. The van der Waals surface area contributed by atoms with Crippen molar-refractivity contribution in [1.82, 2.24) is 10.2 Å². The maximum Gasteiger partial charge on any atom is 0.183 e. The Hall–Kier alpha value is -1.26. The first-order valence-electron chi connectivity index (χ1n) is 10.7. The lowest BCUT2D eigenvalue weighted by molar-refractivity contribution is 0.285. The summed E-state index contributed by atoms with van der Waals surface area (Å²) in [7, 11) is -3.25. The van der Waals surface area contributed by atoms with Crippen molar-refractivity contribution in [2.24, 2.45) is 0 Å². The number of nitrogens with zero attached hydrogens (tertiary/aromatic N) is 1. The number of fused-ring (bicyclic) bond motifs is 1. The van der Waals surface area contributed by atoms with Gasteiger partial charge in [-0.25, -0.2) is 16.8 Å². The van der Waals surface area contributed by atoms with Gasteiger partial charge in [0.25, 0.3) is 0 Å². The lowest BCUT2D eigenvalue weighted by Crippen LogP contribution is -2.46. The van der Waals surface area contributed by atoms with Crippen LogP contribution >= 0.6 is 11.3 Å². The SMILES string of the molecule is CN(C)C(CN[C@H]1CS(=O)(=O)C[C@@H]1S(=O)(=O)c1ccc2c(c1)CCCC2)c1cccs1. The van der Waals surface area contributed by atoms with Crippen LogP contribution in [0.25, 0.3) is 0 Å². The van der Waals surface area contributed by atoms with Crippen LogP contribution in [-0.4, -0.2) is 65.2 Å². The summed E-state index contributed by atoms with van der Waals surface area (Å²) in [5.41, 5.74) is 2.30. The third-order valence-corrected chi connectivity index (χ3v) is 11.5. The molecule has 1 saturated heterocycles. The van der Waals surface area contributed by atoms with Crippen molar-refractivity contribution in [3.05, 3.63) is 51.7 Å². The zero-order valence-corrected chi connectivity index (χ0v) is 20.4. The van der Waals surface area contributed by atoms with Crippen LogP contribution in [0.1, 0.15) is 34.9 Å². The first-order chi connectivity index (χ1) is 14.7. The van der Waals surface area contributed by atoms with Gasteiger partial charge >= 0.3 is 0 Å². The fraction of sp³-hybridized carbons (Fsp3) is 0.545. The highest BCUT2D eigenvalue weighted by atomic mass is 32.2. The normalized spacial score (nSPS) is 24.2. The van der Waals surface area contributed by atoms with Gasteiger partial charge in [-0.05, 0) is 74.5 Å². The summed E-state index contributed by atoms with van der Waals surface area (Å²) in [5, 5.41) is 4.34. The van der Waals surface area contributed by atoms with E-state index in [1.807, 2.05) is 37.7 Å². The highest BCUT2D eigenvalue weighted by molar-refractivity contribution is 7.96. The number of hydrogen-bond acceptors (Lipinski definition) is 7. The Morgan fingerprint density at radius 3 is 2.55 bits per heavy atom. The van der Waals surface area contributed by atoms with Crippen LogP contribution in [0.3, 0.4) is 0 Å². The minimum atomic E-state index is -3.77. The molecule has 3 atom stereocenters. The molecule has 0 saturated carbocycles. The van der Waals surface area contributed by atoms with Crippen LogP contribution in [0.4, 0.5) is 0 Å². The monoisotopic (exact) mass is 482 g/mol. The van der Waals surface area contributed by atoms with E-state index in [1.165, 1.54) is 5.56 Å². The van der Waals surface area contributed by atoms with Crippen molar-refractivity contribution in [3.63, 3.8) is 0 Å². The molecule has 2 aliphatic rings. The first-order valence-corrected chi connectivity index (χ1v) is 14.9. The molecule has 2 heterocycles. The number of likely N-dealkylation sites (N-methyl/N-ethyl adjacent to an activating group) is 1. The molecule has 170 valence electrons. The van der Waals surface area contributed by atoms with Crippen LogP contribution in [-0.2, 0) is 32.5 Å². The standard InChI is InChI=1S/C22H30N2O4S3/c1-24(2)20(21-8-5-11-29-21)13-23-19-14-30(25,26)15-22(19)31(27,28)18-10-9-16-6-3-4-7-17(16)12-18/h5,8-12,19-20,22-23H,3-4,6-7,13-15H2,1-2H3/t19-,20?,22-/m0/s1. The summed E-state index contributed by atoms with van der Waals surface area (Å²) in [4.78, 5) is 3.48. The Bertz CT molecular complexity index is 1130. The number of benzene rings is 1. The molecule has 1 aliphatic carbocycles. The summed E-state index contributed by atoms with van der Waals surface area (Å²) >= 11 is 1.64. The van der Waals surface area contributed by atoms with Crippen LogP contribution in [0, 0.1) is 0 Å². The lowest BCUT2D eigenvalue weighted by atomic mass is 9.92. The number of rotatable bonds is 7. The molecule has 2 aromatic rings. The minimum absolute atomic E-state index is 0.0513. The Labute approximate surface area is 189 Å². The average molecular weight is 483 g/mol. The molecule has 1 aromatic heterocycles. The van der Waals surface area contributed by atoms with E-state index in [-0.39, 0.29) is 22.4 Å². The quantitative estimate of drug-likeness (QED) is 0.653. The molecule has 1 N–H and O–H groups in total. The Morgan fingerprint density at radius 1 is 1.13 bits per heavy atom. The molecule has 1 aromatic carbocycles. The molecular formula is C22H30N2O4S3. The van der Waals surface area contributed by atoms with Crippen LogP contribution < -0.4 is 5.32 Å². The summed E-state index contributed by atoms with van der Waals surface area (Å²) < 4.78 is 51.9. The second-order valence-corrected chi connectivity index (χ2v) is 14.1. The predicted molar refractivity (Wildman–Crippen MR) is 125 cm³/mol. The van der Waals surface area contributed by atoms with Gasteiger partial charge < -0.3 is 10.2 Å². The summed E-state index contributed by atoms with van der Waals surface area (Å²) in [6.07, 6.45) is 4.05. The van der Waals surface area contributed by atoms with E-state index in [0.29, 0.717) is 6.54 Å². The van der Waals surface area contributed by atoms with E-state index < -0.39 is 31.0 Å². The molecule has 1 aliphatic heterocycles. The van der Waals surface area contributed by atoms with Gasteiger partial charge in [0, 0.05) is 17.5 Å². The van der Waals surface area contributed by atoms with E-state index in [1.54, 1.807) is 23.5 Å². The summed E-state index contributed by atoms with van der Waals surface area (Å²) in [5.74, 6) is -0.470. The van der Waals surface area contributed by atoms with Gasteiger partial charge in [-0.3, -0.25) is 0 Å². The van der Waals surface area contributed by atoms with E-state index in [4.69, 9.17) is 0 Å². The van der Waals surface area contributed by atoms with E-state index in [2.05, 4.69) is 10.2 Å². The van der Waals surface area contributed by atoms with Crippen molar-refractivity contribution in [2.75, 3.05) is 32.1 Å². The largest absolute Gasteiger partial charge is 0.310 e. The van der Waals surface area contributed by atoms with Crippen LogP contribution in [0.15, 0.2) is 40.6 Å². The van der Waals surface area contributed by atoms with Crippen LogP contribution in [0.5, 0.6) is 0 Å². The molecule has 0 amide bonds. The summed E-state index contributed by atoms with van der Waals surface area (Å²) in [6, 6.07) is 8.81. The fourth-order valence-corrected chi connectivity index (χ4v) is 10.3. The predicted octanol–water partition coefficient (Wildman–Crippen LogP) is 2.46. The number of hydrogen-bond donors (Lipinski definition) is 1. The summed E-state index contributed by atoms with van der Waals surface area (Å²) in [6.45, 7) is 0.490. The first kappa shape index (κ1) is 22.9. The lowest BCUT2D eigenvalue weighted by Gasteiger charge is -2.27. The van der Waals surface area contributed by atoms with Gasteiger partial charge in [0.15, 0.2) is 19.7 Å². The minimum Gasteiger partial charge on any atom is -0.310 e. The van der Waals surface area contributed by atoms with E-state index in [9.17, 15) is 16.8 Å². The molecule has 0 bridgehead atoms. The molecule has 31 heavy (non-hydrogen) atoms. The highest BCUT2D eigenvalue weighted by Crippen LogP contribution is 2.30. The number of aryl methyl sites for hydroxylation is 2. The van der Waals surface area contributed by atoms with Gasteiger partial charge in [0.05, 0.1) is 27.7 Å². The smallest absolute Gasteiger partial charge is 0.183 e. The van der Waals surface area contributed by atoms with Gasteiger partial charge in [-0.2, -0.15) is 0 Å². The van der Waals surface area contributed by atoms with Crippen molar-refractivity contribution in [3.8, 4) is 0 Å². The molecule has 9 heteroatoms. The third-order valence-electron chi connectivity index (χ3n) is 6.42. The third kappa shape index (κ3) is 4.90. The van der Waals surface area contributed by atoms with Crippen LogP contribution in [0.2, 0.25) is 0 Å². The van der Waals surface area contributed by atoms with Gasteiger partial charge in [-0.1, -0.05) is 12.1 Å². The fourth-order valence-electron chi connectivity index (χ4n) is 4.65. The zero-order chi connectivity index (χ0) is 22.2. The Kier molecular flexibility index (Phi) is 6.61. The molecular weight excluding hydrogens is 452 g/mol. The molecule has 1 unspecified atom stereocenters. The van der Waals surface area contributed by atoms with Crippen molar-refractivity contribution >= 4 is 31.0 Å². The zero-order valence-electron chi connectivity index (χ0n) is 18.0. The number of sulfone groups is 2. The van der Waals surface area contributed by atoms with E-state index >= 15 is 0 Å². The maximum absolute atomic E-state index is 13.5. The van der Waals surface area contributed by atoms with Crippen molar-refractivity contribution in [2.45, 2.75) is 47.9 Å². The van der Waals surface area contributed by atoms with Gasteiger partial charge in [0.1, 0.15) is 0 Å². The van der Waals surface area contributed by atoms with Crippen molar-refractivity contribution in [1.29, 1.82) is 0 Å². The highest BCUT2D eigenvalue weighted by Gasteiger charge is 2.46. The van der Waals surface area contributed by atoms with E-state index in [0.717, 1.165) is 36.1 Å².